The van der Waals surface area contributed by atoms with E-state index in [0.717, 1.165) is 42.5 Å². The number of halogens is 1. The monoisotopic (exact) mass is 487 g/mol. The van der Waals surface area contributed by atoms with Crippen molar-refractivity contribution in [3.8, 4) is 17.1 Å². The Kier molecular flexibility index (Phi) is 8.33. The lowest BCUT2D eigenvalue weighted by Crippen LogP contribution is -2.35. The van der Waals surface area contributed by atoms with Crippen molar-refractivity contribution in [3.63, 3.8) is 0 Å². The molecule has 0 aliphatic carbocycles. The van der Waals surface area contributed by atoms with Gasteiger partial charge in [-0.1, -0.05) is 60.7 Å². The van der Waals surface area contributed by atoms with E-state index in [9.17, 15) is 0 Å². The van der Waals surface area contributed by atoms with E-state index in [0.29, 0.717) is 11.8 Å². The Labute approximate surface area is 215 Å². The second kappa shape index (κ2) is 11.6. The minimum Gasteiger partial charge on any atom is -0.497 e. The number of likely N-dealkylation sites (tertiary alicyclic amines) is 1. The molecule has 0 atom stereocenters. The highest BCUT2D eigenvalue weighted by Crippen LogP contribution is 2.38. The first-order valence-corrected chi connectivity index (χ1v) is 12.3. The molecule has 3 aromatic carbocycles. The Hall–Kier alpha value is -3.01. The zero-order valence-electron chi connectivity index (χ0n) is 20.5. The van der Waals surface area contributed by atoms with Crippen LogP contribution in [0.2, 0.25) is 0 Å². The third-order valence-electron chi connectivity index (χ3n) is 7.18. The molecule has 0 radical (unpaired) electrons. The highest BCUT2D eigenvalue weighted by Gasteiger charge is 2.29. The first kappa shape index (κ1) is 25.1. The van der Waals surface area contributed by atoms with Crippen molar-refractivity contribution in [2.75, 3.05) is 20.2 Å². The van der Waals surface area contributed by atoms with Gasteiger partial charge in [0.15, 0.2) is 0 Å². The summed E-state index contributed by atoms with van der Waals surface area (Å²) in [6, 6.07) is 32.3. The van der Waals surface area contributed by atoms with Crippen LogP contribution in [0.25, 0.3) is 11.3 Å². The van der Waals surface area contributed by atoms with Crippen LogP contribution in [0.15, 0.2) is 95.4 Å². The van der Waals surface area contributed by atoms with Crippen LogP contribution in [0.3, 0.4) is 0 Å². The molecule has 0 spiro atoms. The first-order chi connectivity index (χ1) is 16.7. The molecule has 0 N–H and O–H groups in total. The summed E-state index contributed by atoms with van der Waals surface area (Å²) in [5.41, 5.74) is 5.16. The van der Waals surface area contributed by atoms with Crippen LogP contribution in [0, 0.1) is 12.8 Å². The van der Waals surface area contributed by atoms with Crippen molar-refractivity contribution in [2.24, 2.45) is 5.92 Å². The quantitative estimate of drug-likeness (QED) is 0.266. The second-order valence-corrected chi connectivity index (χ2v) is 9.36. The number of hydrogen-bond acceptors (Lipinski definition) is 3. The van der Waals surface area contributed by atoms with Gasteiger partial charge in [0.05, 0.1) is 13.7 Å². The number of nitrogens with zero attached hydrogens (tertiary/aromatic N) is 1. The second-order valence-electron chi connectivity index (χ2n) is 9.36. The molecule has 1 fully saturated rings. The number of furan rings is 1. The molecule has 4 aromatic rings. The predicted octanol–water partition coefficient (Wildman–Crippen LogP) is 7.73. The van der Waals surface area contributed by atoms with Gasteiger partial charge in [0.2, 0.25) is 0 Å². The fourth-order valence-corrected chi connectivity index (χ4v) is 5.28. The maximum absolute atomic E-state index is 6.31. The maximum atomic E-state index is 6.31. The third kappa shape index (κ3) is 5.80. The highest BCUT2D eigenvalue weighted by atomic mass is 35.5. The van der Waals surface area contributed by atoms with Gasteiger partial charge in [-0.25, -0.2) is 0 Å². The normalized spacial score (nSPS) is 14.6. The molecule has 3 nitrogen and oxygen atoms in total. The average molecular weight is 488 g/mol. The first-order valence-electron chi connectivity index (χ1n) is 12.3. The Morgan fingerprint density at radius 1 is 0.857 bits per heavy atom. The van der Waals surface area contributed by atoms with Crippen LogP contribution in [0.1, 0.15) is 41.2 Å². The van der Waals surface area contributed by atoms with Crippen molar-refractivity contribution in [3.05, 3.63) is 113 Å². The van der Waals surface area contributed by atoms with Crippen LogP contribution >= 0.6 is 12.4 Å². The van der Waals surface area contributed by atoms with E-state index in [-0.39, 0.29) is 12.4 Å². The molecule has 0 bridgehead atoms. The van der Waals surface area contributed by atoms with E-state index in [4.69, 9.17) is 9.15 Å². The van der Waals surface area contributed by atoms with E-state index in [1.54, 1.807) is 7.11 Å². The average Bonchev–Trinajstić information content (AvgIpc) is 3.26. The molecule has 0 unspecified atom stereocenters. The van der Waals surface area contributed by atoms with Crippen molar-refractivity contribution >= 4 is 12.4 Å². The van der Waals surface area contributed by atoms with E-state index in [2.05, 4.69) is 90.7 Å². The SMILES string of the molecule is COc1ccc(-c2cc(C)c(CN3CCC(C(c4ccccc4)c4ccccc4)CC3)o2)cc1.Cl. The Bertz CT molecular complexity index is 1140. The minimum atomic E-state index is 0. The zero-order chi connectivity index (χ0) is 23.3. The molecule has 4 heteroatoms. The Morgan fingerprint density at radius 2 is 1.43 bits per heavy atom. The molecule has 0 saturated carbocycles. The number of aryl methyl sites for hydroxylation is 1. The predicted molar refractivity (Wildman–Crippen MR) is 145 cm³/mol. The van der Waals surface area contributed by atoms with Gasteiger partial charge in [-0.2, -0.15) is 0 Å². The van der Waals surface area contributed by atoms with Gasteiger partial charge in [-0.05, 0) is 85.8 Å². The lowest BCUT2D eigenvalue weighted by molar-refractivity contribution is 0.158. The van der Waals surface area contributed by atoms with Gasteiger partial charge < -0.3 is 9.15 Å². The molecule has 182 valence electrons. The lowest BCUT2D eigenvalue weighted by Gasteiger charge is -2.36. The van der Waals surface area contributed by atoms with Gasteiger partial charge in [0, 0.05) is 11.5 Å². The summed E-state index contributed by atoms with van der Waals surface area (Å²) in [6.07, 6.45) is 2.39. The number of methoxy groups -OCH3 is 1. The highest BCUT2D eigenvalue weighted by molar-refractivity contribution is 5.85. The molecule has 1 aromatic heterocycles. The summed E-state index contributed by atoms with van der Waals surface area (Å²) in [7, 11) is 1.69. The summed E-state index contributed by atoms with van der Waals surface area (Å²) in [5.74, 6) is 3.97. The maximum Gasteiger partial charge on any atom is 0.134 e. The van der Waals surface area contributed by atoms with E-state index in [1.807, 2.05) is 12.1 Å². The molecule has 5 rings (SSSR count). The van der Waals surface area contributed by atoms with Gasteiger partial charge >= 0.3 is 0 Å². The number of ether oxygens (including phenoxy) is 1. The van der Waals surface area contributed by atoms with E-state index < -0.39 is 0 Å². The minimum absolute atomic E-state index is 0. The molecule has 1 saturated heterocycles. The number of hydrogen-bond donors (Lipinski definition) is 0. The molecule has 2 heterocycles. The molecule has 35 heavy (non-hydrogen) atoms. The molecule has 0 amide bonds. The zero-order valence-corrected chi connectivity index (χ0v) is 21.3. The van der Waals surface area contributed by atoms with E-state index in [1.165, 1.54) is 29.5 Å². The molecule has 1 aliphatic rings. The number of piperidine rings is 1. The summed E-state index contributed by atoms with van der Waals surface area (Å²) in [4.78, 5) is 2.55. The van der Waals surface area contributed by atoms with Crippen molar-refractivity contribution in [1.82, 2.24) is 4.90 Å². The van der Waals surface area contributed by atoms with Gasteiger partial charge in [0.1, 0.15) is 17.3 Å². The number of benzene rings is 3. The van der Waals surface area contributed by atoms with Crippen molar-refractivity contribution in [1.29, 1.82) is 0 Å². The summed E-state index contributed by atoms with van der Waals surface area (Å²) in [5, 5.41) is 0. The molecular formula is C31H34ClNO2. The van der Waals surface area contributed by atoms with Crippen LogP contribution in [-0.2, 0) is 6.54 Å². The van der Waals surface area contributed by atoms with Crippen LogP contribution in [0.4, 0.5) is 0 Å². The Balaban J connectivity index is 0.00000289. The summed E-state index contributed by atoms with van der Waals surface area (Å²) < 4.78 is 11.6. The fraction of sp³-hybridized carbons (Fsp3) is 0.290. The van der Waals surface area contributed by atoms with Crippen molar-refractivity contribution in [2.45, 2.75) is 32.2 Å². The van der Waals surface area contributed by atoms with Gasteiger partial charge in [-0.3, -0.25) is 4.90 Å². The largest absolute Gasteiger partial charge is 0.497 e. The fourth-order valence-electron chi connectivity index (χ4n) is 5.28. The molecule has 1 aliphatic heterocycles. The summed E-state index contributed by atoms with van der Waals surface area (Å²) >= 11 is 0. The van der Waals surface area contributed by atoms with Crippen molar-refractivity contribution < 1.29 is 9.15 Å². The standard InChI is InChI=1S/C31H33NO2.ClH/c1-23-21-29(24-13-15-28(33-2)16-14-24)34-30(23)22-32-19-17-27(18-20-32)31(25-9-5-3-6-10-25)26-11-7-4-8-12-26;/h3-16,21,27,31H,17-20,22H2,1-2H3;1H. The van der Waals surface area contributed by atoms with Gasteiger partial charge in [-0.15, -0.1) is 12.4 Å². The van der Waals surface area contributed by atoms with Crippen LogP contribution in [0.5, 0.6) is 5.75 Å². The van der Waals surface area contributed by atoms with Crippen LogP contribution in [-0.4, -0.2) is 25.1 Å². The van der Waals surface area contributed by atoms with Crippen LogP contribution < -0.4 is 4.74 Å². The molecular weight excluding hydrogens is 454 g/mol. The van der Waals surface area contributed by atoms with Gasteiger partial charge in [0.25, 0.3) is 0 Å². The topological polar surface area (TPSA) is 25.6 Å². The Morgan fingerprint density at radius 3 is 1.97 bits per heavy atom. The smallest absolute Gasteiger partial charge is 0.134 e. The lowest BCUT2D eigenvalue weighted by atomic mass is 9.76. The number of rotatable bonds is 7. The third-order valence-corrected chi connectivity index (χ3v) is 7.18. The van der Waals surface area contributed by atoms with E-state index >= 15 is 0 Å². The summed E-state index contributed by atoms with van der Waals surface area (Å²) in [6.45, 7) is 5.22.